The number of anilines is 2. The Morgan fingerprint density at radius 2 is 1.92 bits per heavy atom. The third-order valence-electron chi connectivity index (χ3n) is 5.34. The van der Waals surface area contributed by atoms with Gasteiger partial charge in [-0.05, 0) is 12.3 Å². The molecule has 1 amide bonds. The van der Waals surface area contributed by atoms with Crippen LogP contribution in [-0.2, 0) is 4.79 Å². The number of hydrogen-bond acceptors (Lipinski definition) is 5. The van der Waals surface area contributed by atoms with Crippen LogP contribution < -0.4 is 9.80 Å². The highest BCUT2D eigenvalue weighted by molar-refractivity contribution is 5.76. The first-order valence-electron chi connectivity index (χ1n) is 9.16. The predicted molar refractivity (Wildman–Crippen MR) is 96.3 cm³/mol. The van der Waals surface area contributed by atoms with Gasteiger partial charge in [0, 0.05) is 52.8 Å². The smallest absolute Gasteiger partial charge is 0.222 e. The van der Waals surface area contributed by atoms with Gasteiger partial charge >= 0.3 is 0 Å². The molecule has 24 heavy (non-hydrogen) atoms. The molecule has 6 heteroatoms. The molecule has 1 saturated heterocycles. The van der Waals surface area contributed by atoms with E-state index < -0.39 is 0 Å². The Labute approximate surface area is 144 Å². The van der Waals surface area contributed by atoms with Gasteiger partial charge in [-0.2, -0.15) is 5.10 Å². The number of hydrogen-bond donors (Lipinski definition) is 0. The fraction of sp³-hybridized carbons (Fsp3) is 0.722. The van der Waals surface area contributed by atoms with Crippen LogP contribution in [0, 0.1) is 5.92 Å². The van der Waals surface area contributed by atoms with E-state index in [9.17, 15) is 4.79 Å². The van der Waals surface area contributed by atoms with E-state index in [1.807, 2.05) is 23.9 Å². The molecule has 2 aliphatic rings. The summed E-state index contributed by atoms with van der Waals surface area (Å²) in [6, 6.07) is 2.06. The molecular weight excluding hydrogens is 302 g/mol. The van der Waals surface area contributed by atoms with Crippen molar-refractivity contribution in [3.63, 3.8) is 0 Å². The third-order valence-corrected chi connectivity index (χ3v) is 5.34. The normalized spacial score (nSPS) is 18.9. The molecule has 1 aromatic heterocycles. The van der Waals surface area contributed by atoms with Crippen molar-refractivity contribution in [1.29, 1.82) is 0 Å². The van der Waals surface area contributed by atoms with Crippen molar-refractivity contribution in [1.82, 2.24) is 15.1 Å². The Hall–Kier alpha value is -1.85. The van der Waals surface area contributed by atoms with Crippen molar-refractivity contribution in [3.8, 4) is 0 Å². The molecular formula is C18H29N5O. The van der Waals surface area contributed by atoms with Gasteiger partial charge in [-0.3, -0.25) is 4.79 Å². The average molecular weight is 331 g/mol. The summed E-state index contributed by atoms with van der Waals surface area (Å²) in [5, 5.41) is 8.34. The predicted octanol–water partition coefficient (Wildman–Crippen LogP) is 2.16. The Morgan fingerprint density at radius 1 is 1.21 bits per heavy atom. The van der Waals surface area contributed by atoms with Crippen molar-refractivity contribution < 1.29 is 4.79 Å². The van der Waals surface area contributed by atoms with Gasteiger partial charge in [0.05, 0.1) is 11.9 Å². The molecule has 2 fully saturated rings. The zero-order valence-corrected chi connectivity index (χ0v) is 14.9. The summed E-state index contributed by atoms with van der Waals surface area (Å²) in [7, 11) is 4.00. The molecule has 1 aliphatic heterocycles. The second-order valence-electron chi connectivity index (χ2n) is 7.22. The van der Waals surface area contributed by atoms with Gasteiger partial charge in [-0.15, -0.1) is 5.10 Å². The van der Waals surface area contributed by atoms with E-state index in [0.717, 1.165) is 56.4 Å². The Balaban J connectivity index is 1.48. The van der Waals surface area contributed by atoms with Gasteiger partial charge in [0.2, 0.25) is 5.91 Å². The fourth-order valence-electron chi connectivity index (χ4n) is 3.71. The minimum Gasteiger partial charge on any atom is -0.376 e. The SMILES string of the molecule is CN(C)c1cnnc(N2CCN(C(=O)CCC3CCCC3)CC2)c1. The van der Waals surface area contributed by atoms with Gasteiger partial charge in [0.15, 0.2) is 5.82 Å². The number of rotatable bonds is 5. The van der Waals surface area contributed by atoms with E-state index in [1.54, 1.807) is 6.20 Å². The monoisotopic (exact) mass is 331 g/mol. The van der Waals surface area contributed by atoms with Crippen LogP contribution in [0.25, 0.3) is 0 Å². The molecule has 0 spiro atoms. The Kier molecular flexibility index (Phi) is 5.53. The van der Waals surface area contributed by atoms with Crippen molar-refractivity contribution in [2.75, 3.05) is 50.1 Å². The fourth-order valence-corrected chi connectivity index (χ4v) is 3.71. The van der Waals surface area contributed by atoms with Crippen LogP contribution in [0.3, 0.4) is 0 Å². The lowest BCUT2D eigenvalue weighted by molar-refractivity contribution is -0.131. The molecule has 3 rings (SSSR count). The second-order valence-corrected chi connectivity index (χ2v) is 7.22. The van der Waals surface area contributed by atoms with Crippen molar-refractivity contribution in [3.05, 3.63) is 12.3 Å². The topological polar surface area (TPSA) is 52.6 Å². The number of carbonyl (C=O) groups is 1. The van der Waals surface area contributed by atoms with Crippen LogP contribution >= 0.6 is 0 Å². The first kappa shape index (κ1) is 17.0. The number of aromatic nitrogens is 2. The molecule has 0 unspecified atom stereocenters. The van der Waals surface area contributed by atoms with Crippen LogP contribution in [-0.4, -0.2) is 61.3 Å². The molecule has 0 atom stereocenters. The average Bonchev–Trinajstić information content (AvgIpc) is 3.13. The summed E-state index contributed by atoms with van der Waals surface area (Å²) in [5.41, 5.74) is 1.05. The lowest BCUT2D eigenvalue weighted by atomic mass is 10.0. The lowest BCUT2D eigenvalue weighted by Gasteiger charge is -2.35. The summed E-state index contributed by atoms with van der Waals surface area (Å²) in [5.74, 6) is 2.02. The molecule has 132 valence electrons. The summed E-state index contributed by atoms with van der Waals surface area (Å²) in [6.07, 6.45) is 8.92. The van der Waals surface area contributed by atoms with Crippen molar-refractivity contribution >= 4 is 17.4 Å². The molecule has 1 aliphatic carbocycles. The van der Waals surface area contributed by atoms with Gasteiger partial charge in [0.25, 0.3) is 0 Å². The van der Waals surface area contributed by atoms with E-state index in [4.69, 9.17) is 0 Å². The number of amides is 1. The van der Waals surface area contributed by atoms with Crippen LogP contribution in [0.1, 0.15) is 38.5 Å². The maximum atomic E-state index is 12.4. The zero-order valence-electron chi connectivity index (χ0n) is 14.9. The van der Waals surface area contributed by atoms with E-state index in [-0.39, 0.29) is 0 Å². The maximum Gasteiger partial charge on any atom is 0.222 e. The maximum absolute atomic E-state index is 12.4. The standard InChI is InChI=1S/C18H29N5O/c1-21(2)16-13-17(20-19-14-16)22-9-11-23(12-10-22)18(24)8-7-15-5-3-4-6-15/h13-15H,3-12H2,1-2H3. The highest BCUT2D eigenvalue weighted by Crippen LogP contribution is 2.28. The number of piperazine rings is 1. The van der Waals surface area contributed by atoms with E-state index in [0.29, 0.717) is 5.91 Å². The summed E-state index contributed by atoms with van der Waals surface area (Å²) in [4.78, 5) is 18.7. The number of nitrogens with zero attached hydrogens (tertiary/aromatic N) is 5. The number of carbonyl (C=O) groups excluding carboxylic acids is 1. The van der Waals surface area contributed by atoms with Gasteiger partial charge in [-0.25, -0.2) is 0 Å². The van der Waals surface area contributed by atoms with Crippen LogP contribution in [0.2, 0.25) is 0 Å². The lowest BCUT2D eigenvalue weighted by Crippen LogP contribution is -2.49. The van der Waals surface area contributed by atoms with E-state index in [1.165, 1.54) is 25.7 Å². The summed E-state index contributed by atoms with van der Waals surface area (Å²) >= 11 is 0. The first-order valence-corrected chi connectivity index (χ1v) is 9.16. The largest absolute Gasteiger partial charge is 0.376 e. The molecule has 2 heterocycles. The molecule has 0 bridgehead atoms. The molecule has 1 saturated carbocycles. The first-order chi connectivity index (χ1) is 11.6. The van der Waals surface area contributed by atoms with Crippen LogP contribution in [0.4, 0.5) is 11.5 Å². The second kappa shape index (κ2) is 7.81. The minimum absolute atomic E-state index is 0.328. The van der Waals surface area contributed by atoms with Gasteiger partial charge in [-0.1, -0.05) is 25.7 Å². The van der Waals surface area contributed by atoms with Gasteiger partial charge in [0.1, 0.15) is 0 Å². The highest BCUT2D eigenvalue weighted by atomic mass is 16.2. The Bertz CT molecular complexity index is 548. The van der Waals surface area contributed by atoms with E-state index in [2.05, 4.69) is 21.2 Å². The molecule has 0 radical (unpaired) electrons. The molecule has 1 aromatic rings. The molecule has 6 nitrogen and oxygen atoms in total. The molecule has 0 aromatic carbocycles. The quantitative estimate of drug-likeness (QED) is 0.827. The van der Waals surface area contributed by atoms with Crippen LogP contribution in [0.15, 0.2) is 12.3 Å². The minimum atomic E-state index is 0.328. The zero-order chi connectivity index (χ0) is 16.9. The van der Waals surface area contributed by atoms with E-state index >= 15 is 0 Å². The highest BCUT2D eigenvalue weighted by Gasteiger charge is 2.23. The van der Waals surface area contributed by atoms with Gasteiger partial charge < -0.3 is 14.7 Å². The van der Waals surface area contributed by atoms with Crippen molar-refractivity contribution in [2.24, 2.45) is 5.92 Å². The van der Waals surface area contributed by atoms with Crippen molar-refractivity contribution in [2.45, 2.75) is 38.5 Å². The molecule has 0 N–H and O–H groups in total. The summed E-state index contributed by atoms with van der Waals surface area (Å²) < 4.78 is 0. The Morgan fingerprint density at radius 3 is 2.58 bits per heavy atom. The van der Waals surface area contributed by atoms with Crippen LogP contribution in [0.5, 0.6) is 0 Å². The summed E-state index contributed by atoms with van der Waals surface area (Å²) in [6.45, 7) is 3.25. The third kappa shape index (κ3) is 4.16.